The molecule has 3 aromatic rings. The van der Waals surface area contributed by atoms with Crippen LogP contribution in [0.25, 0.3) is 16.9 Å². The third-order valence-corrected chi connectivity index (χ3v) is 5.39. The summed E-state index contributed by atoms with van der Waals surface area (Å²) in [5, 5.41) is 4.69. The minimum absolute atomic E-state index is 0.0638. The lowest BCUT2D eigenvalue weighted by Crippen LogP contribution is -2.48. The van der Waals surface area contributed by atoms with E-state index in [0.717, 1.165) is 0 Å². The molecule has 0 spiro atoms. The smallest absolute Gasteiger partial charge is 0.272 e. The van der Waals surface area contributed by atoms with E-state index in [2.05, 4.69) is 0 Å². The molecule has 2 aromatic carbocycles. The molecule has 1 amide bonds. The van der Waals surface area contributed by atoms with Gasteiger partial charge in [-0.2, -0.15) is 5.10 Å². The second-order valence-electron chi connectivity index (χ2n) is 7.84. The molecule has 168 valence electrons. The van der Waals surface area contributed by atoms with Gasteiger partial charge in [-0.05, 0) is 56.3 Å². The lowest BCUT2D eigenvalue weighted by Gasteiger charge is -2.35. The molecule has 1 aromatic heterocycles. The van der Waals surface area contributed by atoms with Gasteiger partial charge in [0.05, 0.1) is 37.8 Å². The van der Waals surface area contributed by atoms with E-state index in [1.807, 2.05) is 26.0 Å². The van der Waals surface area contributed by atoms with Crippen LogP contribution in [0.3, 0.4) is 0 Å². The van der Waals surface area contributed by atoms with E-state index in [9.17, 15) is 9.18 Å². The summed E-state index contributed by atoms with van der Waals surface area (Å²) in [6.07, 6.45) is -0.128. The molecule has 0 saturated carbocycles. The van der Waals surface area contributed by atoms with Crippen LogP contribution in [0, 0.1) is 5.82 Å². The van der Waals surface area contributed by atoms with Crippen LogP contribution in [0.4, 0.5) is 4.39 Å². The standard InChI is InChI=1S/C24H26FN3O4/c1-15-13-27(14-16(2)32-15)24(29)22-12-21(20-10-9-19(30-3)11-23(20)31-4)26-28(22)18-7-5-17(25)6-8-18/h5-12,15-16H,13-14H2,1-4H3. The van der Waals surface area contributed by atoms with E-state index in [0.29, 0.717) is 47.2 Å². The van der Waals surface area contributed by atoms with Crippen LogP contribution in [-0.4, -0.2) is 60.1 Å². The van der Waals surface area contributed by atoms with Crippen molar-refractivity contribution in [3.63, 3.8) is 0 Å². The molecule has 1 fully saturated rings. The lowest BCUT2D eigenvalue weighted by atomic mass is 10.1. The van der Waals surface area contributed by atoms with Gasteiger partial charge in [-0.15, -0.1) is 0 Å². The molecule has 8 heteroatoms. The van der Waals surface area contributed by atoms with Crippen LogP contribution < -0.4 is 9.47 Å². The summed E-state index contributed by atoms with van der Waals surface area (Å²) in [6, 6.07) is 13.0. The molecule has 1 aliphatic heterocycles. The Morgan fingerprint density at radius 2 is 1.72 bits per heavy atom. The van der Waals surface area contributed by atoms with Crippen LogP contribution in [0.1, 0.15) is 24.3 Å². The van der Waals surface area contributed by atoms with E-state index in [1.54, 1.807) is 48.1 Å². The van der Waals surface area contributed by atoms with Crippen LogP contribution in [0.5, 0.6) is 11.5 Å². The quantitative estimate of drug-likeness (QED) is 0.602. The van der Waals surface area contributed by atoms with Crippen LogP contribution >= 0.6 is 0 Å². The summed E-state index contributed by atoms with van der Waals surface area (Å²) in [5.74, 6) is 0.695. The molecular formula is C24H26FN3O4. The fourth-order valence-electron chi connectivity index (χ4n) is 3.96. The number of ether oxygens (including phenoxy) is 3. The third kappa shape index (κ3) is 4.31. The Morgan fingerprint density at radius 3 is 2.34 bits per heavy atom. The predicted molar refractivity (Wildman–Crippen MR) is 118 cm³/mol. The van der Waals surface area contributed by atoms with Gasteiger partial charge in [0.2, 0.25) is 0 Å². The first kappa shape index (κ1) is 21.8. The molecule has 1 saturated heterocycles. The SMILES string of the molecule is COc1ccc(-c2cc(C(=O)N3CC(C)OC(C)C3)n(-c3ccc(F)cc3)n2)c(OC)c1. The highest BCUT2D eigenvalue weighted by Gasteiger charge is 2.30. The number of amides is 1. The Balaban J connectivity index is 1.81. The highest BCUT2D eigenvalue weighted by atomic mass is 19.1. The Morgan fingerprint density at radius 1 is 1.03 bits per heavy atom. The maximum atomic E-state index is 13.5. The monoisotopic (exact) mass is 439 g/mol. The first-order chi connectivity index (χ1) is 15.4. The van der Waals surface area contributed by atoms with Crippen molar-refractivity contribution in [2.24, 2.45) is 0 Å². The number of rotatable bonds is 5. The normalized spacial score (nSPS) is 18.5. The Hall–Kier alpha value is -3.39. The van der Waals surface area contributed by atoms with E-state index < -0.39 is 0 Å². The van der Waals surface area contributed by atoms with Gasteiger partial charge in [0.15, 0.2) is 0 Å². The number of benzene rings is 2. The van der Waals surface area contributed by atoms with E-state index >= 15 is 0 Å². The fourth-order valence-corrected chi connectivity index (χ4v) is 3.96. The van der Waals surface area contributed by atoms with Crippen molar-refractivity contribution < 1.29 is 23.4 Å². The number of hydrogen-bond acceptors (Lipinski definition) is 5. The van der Waals surface area contributed by atoms with E-state index in [4.69, 9.17) is 19.3 Å². The average molecular weight is 439 g/mol. The second-order valence-corrected chi connectivity index (χ2v) is 7.84. The van der Waals surface area contributed by atoms with Gasteiger partial charge in [0.1, 0.15) is 23.0 Å². The molecule has 2 unspecified atom stereocenters. The number of aromatic nitrogens is 2. The Kier molecular flexibility index (Phi) is 6.14. The Labute approximate surface area is 186 Å². The highest BCUT2D eigenvalue weighted by Crippen LogP contribution is 2.34. The van der Waals surface area contributed by atoms with E-state index in [-0.39, 0.29) is 23.9 Å². The summed E-state index contributed by atoms with van der Waals surface area (Å²) in [4.78, 5) is 15.3. The summed E-state index contributed by atoms with van der Waals surface area (Å²) in [6.45, 7) is 4.86. The van der Waals surface area contributed by atoms with Crippen molar-refractivity contribution in [2.75, 3.05) is 27.3 Å². The van der Waals surface area contributed by atoms with Gasteiger partial charge in [-0.1, -0.05) is 0 Å². The minimum Gasteiger partial charge on any atom is -0.497 e. The van der Waals surface area contributed by atoms with Gasteiger partial charge in [-0.25, -0.2) is 9.07 Å². The van der Waals surface area contributed by atoms with Crippen molar-refractivity contribution in [3.8, 4) is 28.4 Å². The number of methoxy groups -OCH3 is 2. The van der Waals surface area contributed by atoms with Crippen molar-refractivity contribution >= 4 is 5.91 Å². The summed E-state index contributed by atoms with van der Waals surface area (Å²) in [7, 11) is 3.15. The molecule has 0 N–H and O–H groups in total. The molecule has 2 atom stereocenters. The fraction of sp³-hybridized carbons (Fsp3) is 0.333. The minimum atomic E-state index is -0.360. The molecule has 0 radical (unpaired) electrons. The van der Waals surface area contributed by atoms with Gasteiger partial charge in [0, 0.05) is 24.7 Å². The predicted octanol–water partition coefficient (Wildman–Crippen LogP) is 3.95. The van der Waals surface area contributed by atoms with Gasteiger partial charge in [0.25, 0.3) is 5.91 Å². The first-order valence-corrected chi connectivity index (χ1v) is 10.4. The highest BCUT2D eigenvalue weighted by molar-refractivity contribution is 5.94. The molecule has 0 bridgehead atoms. The number of carbonyl (C=O) groups excluding carboxylic acids is 1. The summed E-state index contributed by atoms with van der Waals surface area (Å²) >= 11 is 0. The van der Waals surface area contributed by atoms with Gasteiger partial charge < -0.3 is 19.1 Å². The summed E-state index contributed by atoms with van der Waals surface area (Å²) in [5.41, 5.74) is 2.24. The van der Waals surface area contributed by atoms with Crippen molar-refractivity contribution in [1.82, 2.24) is 14.7 Å². The molecule has 32 heavy (non-hydrogen) atoms. The largest absolute Gasteiger partial charge is 0.497 e. The van der Waals surface area contributed by atoms with Crippen LogP contribution in [-0.2, 0) is 4.74 Å². The molecular weight excluding hydrogens is 413 g/mol. The molecule has 7 nitrogen and oxygen atoms in total. The molecule has 1 aliphatic rings. The topological polar surface area (TPSA) is 65.8 Å². The van der Waals surface area contributed by atoms with Gasteiger partial charge in [-0.3, -0.25) is 4.79 Å². The first-order valence-electron chi connectivity index (χ1n) is 10.4. The second kappa shape index (κ2) is 9.00. The lowest BCUT2D eigenvalue weighted by molar-refractivity contribution is -0.0588. The summed E-state index contributed by atoms with van der Waals surface area (Å²) < 4.78 is 31.7. The number of carbonyl (C=O) groups is 1. The van der Waals surface area contributed by atoms with Crippen molar-refractivity contribution in [2.45, 2.75) is 26.1 Å². The number of halogens is 1. The van der Waals surface area contributed by atoms with Crippen molar-refractivity contribution in [1.29, 1.82) is 0 Å². The number of nitrogens with zero attached hydrogens (tertiary/aromatic N) is 3. The molecule has 2 heterocycles. The van der Waals surface area contributed by atoms with Crippen LogP contribution in [0.2, 0.25) is 0 Å². The Bertz CT molecular complexity index is 1100. The molecule has 0 aliphatic carbocycles. The number of morpholine rings is 1. The zero-order valence-corrected chi connectivity index (χ0v) is 18.5. The third-order valence-electron chi connectivity index (χ3n) is 5.39. The maximum Gasteiger partial charge on any atom is 0.272 e. The zero-order chi connectivity index (χ0) is 22.8. The van der Waals surface area contributed by atoms with Crippen molar-refractivity contribution in [3.05, 3.63) is 60.0 Å². The van der Waals surface area contributed by atoms with Crippen LogP contribution in [0.15, 0.2) is 48.5 Å². The molecule has 4 rings (SSSR count). The zero-order valence-electron chi connectivity index (χ0n) is 18.5. The van der Waals surface area contributed by atoms with E-state index in [1.165, 1.54) is 12.1 Å². The number of hydrogen-bond donors (Lipinski definition) is 0. The maximum absolute atomic E-state index is 13.5. The van der Waals surface area contributed by atoms with Gasteiger partial charge >= 0.3 is 0 Å². The average Bonchev–Trinajstić information content (AvgIpc) is 3.23.